The third-order valence-corrected chi connectivity index (χ3v) is 1.14. The van der Waals surface area contributed by atoms with E-state index in [9.17, 15) is 4.79 Å². The van der Waals surface area contributed by atoms with Crippen LogP contribution in [0.2, 0.25) is 0 Å². The highest BCUT2D eigenvalue weighted by molar-refractivity contribution is 5.80. The van der Waals surface area contributed by atoms with Crippen LogP contribution < -0.4 is 0 Å². The van der Waals surface area contributed by atoms with Gasteiger partial charge in [-0.3, -0.25) is 0 Å². The van der Waals surface area contributed by atoms with E-state index in [1.165, 1.54) is 7.11 Å². The van der Waals surface area contributed by atoms with Crippen molar-refractivity contribution in [3.8, 4) is 0 Å². The maximum atomic E-state index is 9.84. The van der Waals surface area contributed by atoms with Gasteiger partial charge in [0.15, 0.2) is 0 Å². The number of carbonyl (C=O) groups is 1. The summed E-state index contributed by atoms with van der Waals surface area (Å²) in [5.74, 6) is -0.394. The Morgan fingerprint density at radius 1 is 1.47 bits per heavy atom. The van der Waals surface area contributed by atoms with Crippen molar-refractivity contribution in [3.63, 3.8) is 0 Å². The summed E-state index contributed by atoms with van der Waals surface area (Å²) in [6, 6.07) is 0. The van der Waals surface area contributed by atoms with Gasteiger partial charge in [0.25, 0.3) is 0 Å². The second-order valence-corrected chi connectivity index (χ2v) is 4.06. The first-order valence-electron chi connectivity index (χ1n) is 4.76. The molecular formula is C11H22O4. The number of hydrogen-bond donors (Lipinski definition) is 1. The van der Waals surface area contributed by atoms with Gasteiger partial charge in [-0.25, -0.2) is 4.79 Å². The Kier molecular flexibility index (Phi) is 10.7. The van der Waals surface area contributed by atoms with Crippen LogP contribution in [-0.4, -0.2) is 38.0 Å². The Balaban J connectivity index is 0. The van der Waals surface area contributed by atoms with Gasteiger partial charge in [0, 0.05) is 6.08 Å². The number of hydrogen-bond acceptors (Lipinski definition) is 4. The number of carbonyl (C=O) groups excluding carboxylic acids is 1. The molecule has 4 heteroatoms. The van der Waals surface area contributed by atoms with Crippen LogP contribution in [-0.2, 0) is 14.3 Å². The zero-order chi connectivity index (χ0) is 12.3. The number of rotatable bonds is 4. The standard InChI is InChI=1S/C7H16O2.C4H6O2/c1-7(2,3)6-9-5-4-8;1-3-4(5)6-2/h8H,4-6H2,1-3H3;3H,1H2,2H3. The van der Waals surface area contributed by atoms with E-state index in [2.05, 4.69) is 32.1 Å². The third kappa shape index (κ3) is 19.5. The lowest BCUT2D eigenvalue weighted by molar-refractivity contribution is -0.134. The summed E-state index contributed by atoms with van der Waals surface area (Å²) in [5, 5.41) is 8.34. The highest BCUT2D eigenvalue weighted by Crippen LogP contribution is 2.12. The molecule has 0 atom stereocenters. The highest BCUT2D eigenvalue weighted by Gasteiger charge is 2.08. The Labute approximate surface area is 91.9 Å². The lowest BCUT2D eigenvalue weighted by atomic mass is 9.99. The molecule has 0 aliphatic rings. The van der Waals surface area contributed by atoms with Crippen molar-refractivity contribution < 1.29 is 19.4 Å². The summed E-state index contributed by atoms with van der Waals surface area (Å²) >= 11 is 0. The largest absolute Gasteiger partial charge is 0.466 e. The molecule has 0 heterocycles. The van der Waals surface area contributed by atoms with Gasteiger partial charge in [-0.05, 0) is 5.41 Å². The summed E-state index contributed by atoms with van der Waals surface area (Å²) in [4.78, 5) is 9.84. The smallest absolute Gasteiger partial charge is 0.329 e. The van der Waals surface area contributed by atoms with E-state index in [4.69, 9.17) is 9.84 Å². The fraction of sp³-hybridized carbons (Fsp3) is 0.727. The van der Waals surface area contributed by atoms with Crippen molar-refractivity contribution in [1.29, 1.82) is 0 Å². The Bertz CT molecular complexity index is 170. The van der Waals surface area contributed by atoms with Crippen LogP contribution in [0, 0.1) is 5.41 Å². The molecule has 0 radical (unpaired) electrons. The minimum absolute atomic E-state index is 0.121. The van der Waals surface area contributed by atoms with Crippen molar-refractivity contribution in [3.05, 3.63) is 12.7 Å². The maximum absolute atomic E-state index is 9.84. The molecule has 0 aromatic rings. The first kappa shape index (κ1) is 16.6. The average molecular weight is 218 g/mol. The molecule has 0 aliphatic carbocycles. The molecule has 0 fully saturated rings. The molecule has 15 heavy (non-hydrogen) atoms. The molecular weight excluding hydrogens is 196 g/mol. The minimum Gasteiger partial charge on any atom is -0.466 e. The van der Waals surface area contributed by atoms with Crippen LogP contribution >= 0.6 is 0 Å². The molecule has 0 saturated heterocycles. The highest BCUT2D eigenvalue weighted by atomic mass is 16.5. The van der Waals surface area contributed by atoms with E-state index >= 15 is 0 Å². The zero-order valence-electron chi connectivity index (χ0n) is 10.1. The van der Waals surface area contributed by atoms with Gasteiger partial charge in [0.05, 0.1) is 26.9 Å². The Morgan fingerprint density at radius 3 is 2.20 bits per heavy atom. The van der Waals surface area contributed by atoms with Crippen LogP contribution in [0.5, 0.6) is 0 Å². The van der Waals surface area contributed by atoms with Crippen LogP contribution in [0.3, 0.4) is 0 Å². The van der Waals surface area contributed by atoms with Gasteiger partial charge in [-0.1, -0.05) is 27.4 Å². The molecule has 0 aromatic heterocycles. The molecule has 0 aliphatic heterocycles. The van der Waals surface area contributed by atoms with Gasteiger partial charge < -0.3 is 14.6 Å². The maximum Gasteiger partial charge on any atom is 0.329 e. The summed E-state index contributed by atoms with van der Waals surface area (Å²) < 4.78 is 9.24. The Hall–Kier alpha value is -0.870. The predicted octanol–water partition coefficient (Wildman–Crippen LogP) is 1.39. The van der Waals surface area contributed by atoms with Crippen LogP contribution in [0.1, 0.15) is 20.8 Å². The van der Waals surface area contributed by atoms with Gasteiger partial charge >= 0.3 is 5.97 Å². The fourth-order valence-electron chi connectivity index (χ4n) is 0.526. The van der Waals surface area contributed by atoms with E-state index in [0.717, 1.165) is 6.08 Å². The summed E-state index contributed by atoms with van der Waals surface area (Å²) in [5.41, 5.74) is 0.217. The van der Waals surface area contributed by atoms with Crippen molar-refractivity contribution >= 4 is 5.97 Å². The van der Waals surface area contributed by atoms with Crippen molar-refractivity contribution in [1.82, 2.24) is 0 Å². The van der Waals surface area contributed by atoms with Gasteiger partial charge in [0.2, 0.25) is 0 Å². The van der Waals surface area contributed by atoms with E-state index in [0.29, 0.717) is 13.2 Å². The van der Waals surface area contributed by atoms with E-state index in [-0.39, 0.29) is 12.0 Å². The zero-order valence-corrected chi connectivity index (χ0v) is 10.1. The molecule has 0 spiro atoms. The molecule has 0 saturated carbocycles. The summed E-state index contributed by atoms with van der Waals surface area (Å²) in [6.45, 7) is 10.8. The van der Waals surface area contributed by atoms with Crippen molar-refractivity contribution in [2.45, 2.75) is 20.8 Å². The van der Waals surface area contributed by atoms with E-state index < -0.39 is 5.97 Å². The summed E-state index contributed by atoms with van der Waals surface area (Å²) in [7, 11) is 1.31. The van der Waals surface area contributed by atoms with Crippen molar-refractivity contribution in [2.75, 3.05) is 26.9 Å². The first-order valence-corrected chi connectivity index (χ1v) is 4.76. The molecule has 0 rings (SSSR count). The second-order valence-electron chi connectivity index (χ2n) is 4.06. The fourth-order valence-corrected chi connectivity index (χ4v) is 0.526. The lowest BCUT2D eigenvalue weighted by Crippen LogP contribution is -2.15. The first-order chi connectivity index (χ1) is 6.87. The molecule has 1 N–H and O–H groups in total. The van der Waals surface area contributed by atoms with Crippen molar-refractivity contribution in [2.24, 2.45) is 5.41 Å². The number of esters is 1. The average Bonchev–Trinajstić information content (AvgIpc) is 2.16. The number of aliphatic hydroxyl groups is 1. The molecule has 0 aromatic carbocycles. The topological polar surface area (TPSA) is 55.8 Å². The molecule has 0 unspecified atom stereocenters. The lowest BCUT2D eigenvalue weighted by Gasteiger charge is -2.17. The SMILES string of the molecule is C=CC(=O)OC.CC(C)(C)COCCO. The van der Waals surface area contributed by atoms with Gasteiger partial charge in [0.1, 0.15) is 0 Å². The molecule has 4 nitrogen and oxygen atoms in total. The number of ether oxygens (including phenoxy) is 2. The summed E-state index contributed by atoms with van der Waals surface area (Å²) in [6.07, 6.45) is 1.11. The quantitative estimate of drug-likeness (QED) is 0.440. The molecule has 0 bridgehead atoms. The Morgan fingerprint density at radius 2 is 2.00 bits per heavy atom. The molecule has 0 amide bonds. The van der Waals surface area contributed by atoms with Crippen LogP contribution in [0.15, 0.2) is 12.7 Å². The second kappa shape index (κ2) is 9.68. The number of aliphatic hydroxyl groups excluding tert-OH is 1. The normalized spacial score (nSPS) is 9.93. The third-order valence-electron chi connectivity index (χ3n) is 1.14. The van der Waals surface area contributed by atoms with Crippen LogP contribution in [0.25, 0.3) is 0 Å². The van der Waals surface area contributed by atoms with E-state index in [1.807, 2.05) is 0 Å². The van der Waals surface area contributed by atoms with E-state index in [1.54, 1.807) is 0 Å². The molecule has 90 valence electrons. The minimum atomic E-state index is -0.394. The monoisotopic (exact) mass is 218 g/mol. The van der Waals surface area contributed by atoms with Gasteiger partial charge in [-0.2, -0.15) is 0 Å². The van der Waals surface area contributed by atoms with Gasteiger partial charge in [-0.15, -0.1) is 0 Å². The number of methoxy groups -OCH3 is 1. The van der Waals surface area contributed by atoms with Crippen LogP contribution in [0.4, 0.5) is 0 Å². The predicted molar refractivity (Wildman–Crippen MR) is 59.6 cm³/mol.